The summed E-state index contributed by atoms with van der Waals surface area (Å²) in [4.78, 5) is 37.9. The number of aromatic nitrogens is 3. The van der Waals surface area contributed by atoms with Crippen molar-refractivity contribution < 1.29 is 9.59 Å². The average Bonchev–Trinajstić information content (AvgIpc) is 3.38. The summed E-state index contributed by atoms with van der Waals surface area (Å²) in [6.45, 7) is 0. The van der Waals surface area contributed by atoms with E-state index in [4.69, 9.17) is 11.6 Å². The number of carbonyl (C=O) groups excluding carboxylic acids is 2. The molecule has 1 unspecified atom stereocenters. The van der Waals surface area contributed by atoms with E-state index in [0.717, 1.165) is 53.7 Å². The number of likely N-dealkylation sites (N-methyl/N-ethyl adjacent to an activating group) is 1. The Morgan fingerprint density at radius 1 is 1.18 bits per heavy atom. The highest BCUT2D eigenvalue weighted by atomic mass is 35.5. The van der Waals surface area contributed by atoms with Crippen LogP contribution >= 0.6 is 11.6 Å². The third kappa shape index (κ3) is 4.53. The fraction of sp³-hybridized carbons (Fsp3) is 0.417. The Balaban J connectivity index is 1.21. The normalized spacial score (nSPS) is 23.2. The van der Waals surface area contributed by atoms with Gasteiger partial charge in [0.05, 0.1) is 0 Å². The number of nitrogens with zero attached hydrogens (tertiary/aromatic N) is 3. The van der Waals surface area contributed by atoms with Crippen LogP contribution in [0.4, 0.5) is 5.82 Å². The van der Waals surface area contributed by atoms with Crippen molar-refractivity contribution in [3.63, 3.8) is 0 Å². The monoisotopic (exact) mass is 466 g/mol. The molecule has 1 atom stereocenters. The van der Waals surface area contributed by atoms with Crippen molar-refractivity contribution >= 4 is 40.3 Å². The molecule has 3 N–H and O–H groups in total. The SMILES string of the molecule is CN1C(=O)CCC1C(=O)N[C@H]1CC[C@H](Nc2cc(-c3c[nH]c4ncccc34)cc(Cl)n2)CC1. The third-order valence-corrected chi connectivity index (χ3v) is 6.97. The van der Waals surface area contributed by atoms with Crippen LogP contribution in [0.1, 0.15) is 38.5 Å². The fourth-order valence-electron chi connectivity index (χ4n) is 4.92. The van der Waals surface area contributed by atoms with Crippen molar-refractivity contribution in [3.8, 4) is 11.1 Å². The summed E-state index contributed by atoms with van der Waals surface area (Å²) in [5.41, 5.74) is 2.85. The maximum atomic E-state index is 12.6. The molecule has 8 nitrogen and oxygen atoms in total. The number of hydrogen-bond acceptors (Lipinski definition) is 5. The molecule has 172 valence electrons. The number of pyridine rings is 2. The molecule has 1 saturated carbocycles. The molecule has 0 spiro atoms. The number of anilines is 1. The lowest BCUT2D eigenvalue weighted by molar-refractivity contribution is -0.134. The van der Waals surface area contributed by atoms with Gasteiger partial charge in [-0.05, 0) is 61.9 Å². The minimum atomic E-state index is -0.331. The number of aromatic amines is 1. The molecule has 3 aromatic heterocycles. The van der Waals surface area contributed by atoms with Gasteiger partial charge in [0.1, 0.15) is 22.7 Å². The van der Waals surface area contributed by atoms with E-state index < -0.39 is 0 Å². The summed E-state index contributed by atoms with van der Waals surface area (Å²) >= 11 is 6.35. The molecule has 1 saturated heterocycles. The van der Waals surface area contributed by atoms with Gasteiger partial charge in [-0.25, -0.2) is 9.97 Å². The second-order valence-corrected chi connectivity index (χ2v) is 9.31. The summed E-state index contributed by atoms with van der Waals surface area (Å²) in [6, 6.07) is 7.90. The molecule has 0 aromatic carbocycles. The minimum Gasteiger partial charge on any atom is -0.367 e. The van der Waals surface area contributed by atoms with Crippen LogP contribution in [-0.4, -0.2) is 56.8 Å². The first-order valence-electron chi connectivity index (χ1n) is 11.4. The van der Waals surface area contributed by atoms with Crippen LogP contribution in [0.2, 0.25) is 5.15 Å². The predicted octanol–water partition coefficient (Wildman–Crippen LogP) is 3.74. The first-order chi connectivity index (χ1) is 16.0. The van der Waals surface area contributed by atoms with Gasteiger partial charge >= 0.3 is 0 Å². The van der Waals surface area contributed by atoms with E-state index >= 15 is 0 Å². The van der Waals surface area contributed by atoms with E-state index in [1.165, 1.54) is 0 Å². The van der Waals surface area contributed by atoms with Gasteiger partial charge in [0, 0.05) is 48.9 Å². The minimum absolute atomic E-state index is 0.0332. The molecular formula is C24H27ClN6O2. The Labute approximate surface area is 197 Å². The van der Waals surface area contributed by atoms with Gasteiger partial charge in [0.25, 0.3) is 0 Å². The molecule has 9 heteroatoms. The Bertz CT molecular complexity index is 1190. The van der Waals surface area contributed by atoms with Crippen LogP contribution in [0, 0.1) is 0 Å². The van der Waals surface area contributed by atoms with Crippen LogP contribution in [0.15, 0.2) is 36.7 Å². The van der Waals surface area contributed by atoms with Gasteiger partial charge in [0.15, 0.2) is 0 Å². The zero-order chi connectivity index (χ0) is 22.9. The van der Waals surface area contributed by atoms with Gasteiger partial charge in [-0.3, -0.25) is 9.59 Å². The first-order valence-corrected chi connectivity index (χ1v) is 11.8. The van der Waals surface area contributed by atoms with Crippen LogP contribution in [0.25, 0.3) is 22.2 Å². The number of amides is 2. The van der Waals surface area contributed by atoms with E-state index in [-0.39, 0.29) is 29.9 Å². The number of likely N-dealkylation sites (tertiary alicyclic amines) is 1. The highest BCUT2D eigenvalue weighted by Crippen LogP contribution is 2.31. The molecule has 0 radical (unpaired) electrons. The molecule has 1 aliphatic carbocycles. The summed E-state index contributed by atoms with van der Waals surface area (Å²) in [7, 11) is 1.71. The van der Waals surface area contributed by atoms with Crippen molar-refractivity contribution in [2.24, 2.45) is 0 Å². The van der Waals surface area contributed by atoms with Crippen molar-refractivity contribution in [2.75, 3.05) is 12.4 Å². The topological polar surface area (TPSA) is 103 Å². The Morgan fingerprint density at radius 3 is 2.73 bits per heavy atom. The maximum absolute atomic E-state index is 12.6. The van der Waals surface area contributed by atoms with Crippen LogP contribution < -0.4 is 10.6 Å². The maximum Gasteiger partial charge on any atom is 0.243 e. The number of H-pyrrole nitrogens is 1. The van der Waals surface area contributed by atoms with E-state index in [1.807, 2.05) is 30.5 Å². The van der Waals surface area contributed by atoms with Crippen molar-refractivity contribution in [2.45, 2.75) is 56.7 Å². The van der Waals surface area contributed by atoms with Gasteiger partial charge in [-0.1, -0.05) is 11.6 Å². The second-order valence-electron chi connectivity index (χ2n) is 8.93. The molecule has 5 rings (SSSR count). The van der Waals surface area contributed by atoms with Gasteiger partial charge < -0.3 is 20.5 Å². The van der Waals surface area contributed by atoms with E-state index in [0.29, 0.717) is 18.0 Å². The molecule has 33 heavy (non-hydrogen) atoms. The number of carbonyl (C=O) groups is 2. The zero-order valence-electron chi connectivity index (χ0n) is 18.5. The van der Waals surface area contributed by atoms with Crippen LogP contribution in [0.3, 0.4) is 0 Å². The molecule has 3 aromatic rings. The van der Waals surface area contributed by atoms with Crippen molar-refractivity contribution in [1.82, 2.24) is 25.2 Å². The average molecular weight is 467 g/mol. The lowest BCUT2D eigenvalue weighted by Crippen LogP contribution is -2.48. The highest BCUT2D eigenvalue weighted by molar-refractivity contribution is 6.29. The Kier molecular flexibility index (Phi) is 5.93. The fourth-order valence-corrected chi connectivity index (χ4v) is 5.13. The summed E-state index contributed by atoms with van der Waals surface area (Å²) < 4.78 is 0. The van der Waals surface area contributed by atoms with Crippen LogP contribution in [-0.2, 0) is 9.59 Å². The zero-order valence-corrected chi connectivity index (χ0v) is 19.2. The number of fused-ring (bicyclic) bond motifs is 1. The quantitative estimate of drug-likeness (QED) is 0.497. The summed E-state index contributed by atoms with van der Waals surface area (Å²) in [5, 5.41) is 8.14. The smallest absolute Gasteiger partial charge is 0.243 e. The van der Waals surface area contributed by atoms with E-state index in [2.05, 4.69) is 25.6 Å². The van der Waals surface area contributed by atoms with Crippen LogP contribution in [0.5, 0.6) is 0 Å². The van der Waals surface area contributed by atoms with Gasteiger partial charge in [-0.15, -0.1) is 0 Å². The van der Waals surface area contributed by atoms with E-state index in [1.54, 1.807) is 18.1 Å². The van der Waals surface area contributed by atoms with E-state index in [9.17, 15) is 9.59 Å². The highest BCUT2D eigenvalue weighted by Gasteiger charge is 2.34. The molecule has 1 aliphatic heterocycles. The second kappa shape index (κ2) is 9.02. The molecule has 2 aliphatic rings. The predicted molar refractivity (Wildman–Crippen MR) is 128 cm³/mol. The Morgan fingerprint density at radius 2 is 1.97 bits per heavy atom. The number of halogens is 1. The van der Waals surface area contributed by atoms with Crippen molar-refractivity contribution in [1.29, 1.82) is 0 Å². The molecule has 0 bridgehead atoms. The molecule has 2 amide bonds. The number of hydrogen-bond donors (Lipinski definition) is 3. The third-order valence-electron chi connectivity index (χ3n) is 6.78. The molecule has 4 heterocycles. The van der Waals surface area contributed by atoms with Crippen molar-refractivity contribution in [3.05, 3.63) is 41.8 Å². The molecular weight excluding hydrogens is 440 g/mol. The first kappa shape index (κ1) is 21.7. The largest absolute Gasteiger partial charge is 0.367 e. The van der Waals surface area contributed by atoms with Gasteiger partial charge in [0.2, 0.25) is 11.8 Å². The lowest BCUT2D eigenvalue weighted by Gasteiger charge is -2.31. The Hall–Kier alpha value is -3.13. The summed E-state index contributed by atoms with van der Waals surface area (Å²) in [6.07, 6.45) is 8.37. The lowest BCUT2D eigenvalue weighted by atomic mass is 9.91. The number of rotatable bonds is 5. The molecule has 2 fully saturated rings. The summed E-state index contributed by atoms with van der Waals surface area (Å²) in [5.74, 6) is 0.754. The number of nitrogens with one attached hydrogen (secondary N) is 3. The van der Waals surface area contributed by atoms with Gasteiger partial charge in [-0.2, -0.15) is 0 Å². The standard InChI is InChI=1S/C24H27ClN6O2/c1-31-19(8-9-22(31)32)24(33)29-16-6-4-15(5-7-16)28-21-12-14(11-20(25)30-21)18-13-27-23-17(18)3-2-10-26-23/h2-3,10-13,15-16,19H,4-9H2,1H3,(H,26,27)(H,28,30)(H,29,33)/t15-,16-,19?.